The van der Waals surface area contributed by atoms with E-state index < -0.39 is 13.9 Å². The summed E-state index contributed by atoms with van der Waals surface area (Å²) >= 11 is 0. The molecule has 0 aromatic carbocycles. The topological polar surface area (TPSA) is 94.1 Å². The van der Waals surface area contributed by atoms with Gasteiger partial charge in [-0.25, -0.2) is 0 Å². The molecule has 0 amide bonds. The third kappa shape index (κ3) is 49.3. The second kappa shape index (κ2) is 45.0. The average molecular weight is 880 g/mol. The van der Waals surface area contributed by atoms with E-state index >= 15 is 0 Å². The van der Waals surface area contributed by atoms with E-state index in [0.29, 0.717) is 24.1 Å². The van der Waals surface area contributed by atoms with Gasteiger partial charge in [-0.05, 0) is 51.4 Å². The minimum atomic E-state index is -4.53. The van der Waals surface area contributed by atoms with Gasteiger partial charge >= 0.3 is 5.97 Å². The summed E-state index contributed by atoms with van der Waals surface area (Å²) in [5.41, 5.74) is 0. The Morgan fingerprint density at radius 2 is 0.951 bits per heavy atom. The Kier molecular flexibility index (Phi) is 43.9. The van der Waals surface area contributed by atoms with Gasteiger partial charge in [-0.3, -0.25) is 9.36 Å². The predicted molar refractivity (Wildman–Crippen MR) is 259 cm³/mol. The van der Waals surface area contributed by atoms with Crippen LogP contribution in [0.15, 0.2) is 48.6 Å². The van der Waals surface area contributed by atoms with E-state index in [-0.39, 0.29) is 25.8 Å². The maximum atomic E-state index is 12.7. The summed E-state index contributed by atoms with van der Waals surface area (Å²) in [7, 11) is 1.35. The number of nitrogens with zero attached hydrogens (tertiary/aromatic N) is 1. The zero-order chi connectivity index (χ0) is 44.8. The van der Waals surface area contributed by atoms with Gasteiger partial charge in [-0.1, -0.05) is 210 Å². The Bertz CT molecular complexity index is 1120. The molecule has 8 nitrogen and oxygen atoms in total. The van der Waals surface area contributed by atoms with Crippen LogP contribution >= 0.6 is 7.82 Å². The largest absolute Gasteiger partial charge is 0.756 e. The fourth-order valence-electron chi connectivity index (χ4n) is 7.01. The molecule has 0 radical (unpaired) electrons. The van der Waals surface area contributed by atoms with E-state index in [9.17, 15) is 14.3 Å². The average Bonchev–Trinajstić information content (AvgIpc) is 3.22. The van der Waals surface area contributed by atoms with Gasteiger partial charge in [-0.15, -0.1) is 0 Å². The molecule has 0 aromatic heterocycles. The number of esters is 1. The van der Waals surface area contributed by atoms with Gasteiger partial charge in [0.1, 0.15) is 19.3 Å². The van der Waals surface area contributed by atoms with Gasteiger partial charge in [0.05, 0.1) is 34.4 Å². The molecule has 0 rings (SSSR count). The summed E-state index contributed by atoms with van der Waals surface area (Å²) in [5.74, 6) is -0.340. The second-order valence-corrected chi connectivity index (χ2v) is 19.6. The molecule has 0 saturated carbocycles. The summed E-state index contributed by atoms with van der Waals surface area (Å²) in [4.78, 5) is 25.2. The van der Waals surface area contributed by atoms with Crippen molar-refractivity contribution in [1.82, 2.24) is 0 Å². The van der Waals surface area contributed by atoms with Crippen LogP contribution in [0.3, 0.4) is 0 Å². The fraction of sp³-hybridized carbons (Fsp3) is 0.827. The number of carbonyl (C=O) groups excluding carboxylic acids is 1. The quantitative estimate of drug-likeness (QED) is 0.0198. The van der Waals surface area contributed by atoms with Crippen LogP contribution < -0.4 is 4.89 Å². The summed E-state index contributed by atoms with van der Waals surface area (Å²) < 4.78 is 34.7. The van der Waals surface area contributed by atoms with Crippen molar-refractivity contribution in [3.05, 3.63) is 48.6 Å². The number of unbranched alkanes of at least 4 members (excludes halogenated alkanes) is 25. The molecule has 61 heavy (non-hydrogen) atoms. The summed E-state index contributed by atoms with van der Waals surface area (Å²) in [6, 6.07) is 0. The van der Waals surface area contributed by atoms with Crippen LogP contribution in [-0.2, 0) is 27.9 Å². The van der Waals surface area contributed by atoms with Gasteiger partial charge in [0.2, 0.25) is 0 Å². The van der Waals surface area contributed by atoms with Crippen LogP contribution in [0.1, 0.15) is 219 Å². The molecule has 0 fully saturated rings. The number of hydrogen-bond donors (Lipinski definition) is 0. The molecule has 358 valence electrons. The van der Waals surface area contributed by atoms with E-state index in [1.165, 1.54) is 135 Å². The number of phosphoric ester groups is 1. The summed E-state index contributed by atoms with van der Waals surface area (Å²) in [5, 5.41) is 0. The first-order valence-electron chi connectivity index (χ1n) is 25.4. The van der Waals surface area contributed by atoms with Crippen molar-refractivity contribution in [3.8, 4) is 0 Å². The smallest absolute Gasteiger partial charge is 0.306 e. The van der Waals surface area contributed by atoms with E-state index in [4.69, 9.17) is 18.5 Å². The minimum Gasteiger partial charge on any atom is -0.756 e. The number of carbonyl (C=O) groups is 1. The fourth-order valence-corrected chi connectivity index (χ4v) is 7.74. The van der Waals surface area contributed by atoms with E-state index in [1.807, 2.05) is 21.1 Å². The molecule has 0 aromatic rings. The zero-order valence-corrected chi connectivity index (χ0v) is 41.5. The Balaban J connectivity index is 4.15. The lowest BCUT2D eigenvalue weighted by Gasteiger charge is -2.28. The summed E-state index contributed by atoms with van der Waals surface area (Å²) in [6.45, 7) is 5.32. The number of rotatable bonds is 47. The highest BCUT2D eigenvalue weighted by Gasteiger charge is 2.20. The first-order valence-corrected chi connectivity index (χ1v) is 26.8. The van der Waals surface area contributed by atoms with E-state index in [1.54, 1.807) is 0 Å². The number of hydrogen-bond acceptors (Lipinski definition) is 7. The Hall–Kier alpha value is -1.54. The van der Waals surface area contributed by atoms with E-state index in [0.717, 1.165) is 64.2 Å². The van der Waals surface area contributed by atoms with Crippen LogP contribution in [-0.4, -0.2) is 70.7 Å². The standard InChI is InChI=1S/C52H98NO7P/c1-6-8-10-12-14-16-18-20-22-24-26-27-28-29-31-33-35-37-39-41-43-45-52(54)60-51(50-59-61(55,56)58-48-46-53(3,4)5)49-57-47-44-42-40-38-36-34-32-30-25-23-21-19-17-15-13-11-9-7-2/h8,10,14,16,20,22,26-27,51H,6-7,9,11-13,15,17-19,21,23-25,28-50H2,1-5H3/b10-8-,16-14-,22-20-,27-26-. The monoisotopic (exact) mass is 880 g/mol. The van der Waals surface area contributed by atoms with E-state index in [2.05, 4.69) is 62.5 Å². The van der Waals surface area contributed by atoms with Gasteiger partial charge in [0, 0.05) is 13.0 Å². The van der Waals surface area contributed by atoms with Crippen LogP contribution in [0.2, 0.25) is 0 Å². The van der Waals surface area contributed by atoms with Crippen LogP contribution in [0, 0.1) is 0 Å². The van der Waals surface area contributed by atoms with Crippen molar-refractivity contribution in [2.75, 3.05) is 54.1 Å². The van der Waals surface area contributed by atoms with Crippen LogP contribution in [0.25, 0.3) is 0 Å². The van der Waals surface area contributed by atoms with Gasteiger partial charge in [-0.2, -0.15) is 0 Å². The number of quaternary nitrogens is 1. The number of likely N-dealkylation sites (N-methyl/N-ethyl adjacent to an activating group) is 1. The maximum absolute atomic E-state index is 12.7. The van der Waals surface area contributed by atoms with Gasteiger partial charge < -0.3 is 27.9 Å². The lowest BCUT2D eigenvalue weighted by molar-refractivity contribution is -0.870. The van der Waals surface area contributed by atoms with Gasteiger partial charge in [0.25, 0.3) is 7.82 Å². The third-order valence-corrected chi connectivity index (χ3v) is 11.9. The maximum Gasteiger partial charge on any atom is 0.306 e. The van der Waals surface area contributed by atoms with Crippen molar-refractivity contribution >= 4 is 13.8 Å². The molecule has 0 aliphatic heterocycles. The Labute approximate surface area is 378 Å². The molecule has 0 spiro atoms. The molecule has 9 heteroatoms. The highest BCUT2D eigenvalue weighted by molar-refractivity contribution is 7.45. The number of ether oxygens (including phenoxy) is 2. The molecule has 0 aliphatic carbocycles. The normalized spacial score (nSPS) is 14.0. The molecule has 2 unspecified atom stereocenters. The van der Waals surface area contributed by atoms with Crippen molar-refractivity contribution < 1.29 is 37.3 Å². The van der Waals surface area contributed by atoms with Crippen LogP contribution in [0.5, 0.6) is 0 Å². The SMILES string of the molecule is CC/C=C\C/C=C\C/C=C\C/C=C\CCCCCCCCCCC(=O)OC(COCCCCCCCCCCCCCCCCCCCC)COP(=O)([O-])OCC[N+](C)(C)C. The Morgan fingerprint density at radius 1 is 0.525 bits per heavy atom. The molecule has 0 heterocycles. The molecule has 0 saturated heterocycles. The van der Waals surface area contributed by atoms with Gasteiger partial charge in [0.15, 0.2) is 0 Å². The van der Waals surface area contributed by atoms with Crippen molar-refractivity contribution in [3.63, 3.8) is 0 Å². The highest BCUT2D eigenvalue weighted by atomic mass is 31.2. The molecule has 0 N–H and O–H groups in total. The molecule has 0 aliphatic rings. The van der Waals surface area contributed by atoms with Crippen molar-refractivity contribution in [1.29, 1.82) is 0 Å². The zero-order valence-electron chi connectivity index (χ0n) is 40.6. The lowest BCUT2D eigenvalue weighted by atomic mass is 10.0. The number of phosphoric acid groups is 1. The number of allylic oxidation sites excluding steroid dienone is 8. The molecule has 2 atom stereocenters. The Morgan fingerprint density at radius 3 is 1.43 bits per heavy atom. The van der Waals surface area contributed by atoms with Crippen molar-refractivity contribution in [2.45, 2.75) is 225 Å². The first kappa shape index (κ1) is 59.5. The lowest BCUT2D eigenvalue weighted by Crippen LogP contribution is -2.37. The summed E-state index contributed by atoms with van der Waals surface area (Å²) in [6.07, 6.45) is 55.6. The third-order valence-electron chi connectivity index (χ3n) is 10.9. The second-order valence-electron chi connectivity index (χ2n) is 18.2. The molecular formula is C52H98NO7P. The first-order chi connectivity index (χ1) is 29.6. The van der Waals surface area contributed by atoms with Crippen LogP contribution in [0.4, 0.5) is 0 Å². The minimum absolute atomic E-state index is 0.0244. The molecular weight excluding hydrogens is 782 g/mol. The van der Waals surface area contributed by atoms with Crippen molar-refractivity contribution in [2.24, 2.45) is 0 Å². The molecule has 0 bridgehead atoms. The highest BCUT2D eigenvalue weighted by Crippen LogP contribution is 2.38. The predicted octanol–water partition coefficient (Wildman–Crippen LogP) is 14.9.